The van der Waals surface area contributed by atoms with Crippen LogP contribution in [-0.2, 0) is 9.47 Å². The molecule has 0 radical (unpaired) electrons. The van der Waals surface area contributed by atoms with Crippen molar-refractivity contribution in [2.75, 3.05) is 31.3 Å². The zero-order valence-corrected chi connectivity index (χ0v) is 21.0. The van der Waals surface area contributed by atoms with E-state index in [-0.39, 0.29) is 11.6 Å². The maximum Gasteiger partial charge on any atom is 0.351 e. The molecule has 7 atom stereocenters. The SMILES string of the molecule is C=CC1(CO)O[C@@H](n2ccc(N)nc2=O)[C@@H](C)[C@@H]1O.C[C@@H]1[C@H](n2ccc(N)nc2=O)OC(CO)(CO)[C@H]1O. The first-order chi connectivity index (χ1) is 17.9. The number of nitrogen functional groups attached to an aromatic ring is 2. The molecule has 2 aromatic heterocycles. The fraction of sp³-hybridized carbons (Fsp3) is 0.565. The molecule has 9 N–H and O–H groups in total. The Hall–Kier alpha value is -3.18. The van der Waals surface area contributed by atoms with Gasteiger partial charge in [-0.05, 0) is 12.1 Å². The lowest BCUT2D eigenvalue weighted by molar-refractivity contribution is -0.150. The second kappa shape index (κ2) is 11.3. The number of anilines is 2. The van der Waals surface area contributed by atoms with Crippen LogP contribution in [0.3, 0.4) is 0 Å². The molecule has 38 heavy (non-hydrogen) atoms. The molecule has 0 saturated carbocycles. The molecule has 2 aromatic rings. The predicted molar refractivity (Wildman–Crippen MR) is 133 cm³/mol. The highest BCUT2D eigenvalue weighted by Gasteiger charge is 2.53. The third kappa shape index (κ3) is 5.09. The normalized spacial score (nSPS) is 32.0. The average molecular weight is 539 g/mol. The molecule has 0 spiro atoms. The summed E-state index contributed by atoms with van der Waals surface area (Å²) in [6, 6.07) is 2.90. The van der Waals surface area contributed by atoms with Gasteiger partial charge in [-0.2, -0.15) is 9.97 Å². The lowest BCUT2D eigenvalue weighted by Crippen LogP contribution is -2.47. The van der Waals surface area contributed by atoms with Gasteiger partial charge in [0.25, 0.3) is 0 Å². The minimum Gasteiger partial charge on any atom is -0.393 e. The van der Waals surface area contributed by atoms with E-state index >= 15 is 0 Å². The van der Waals surface area contributed by atoms with Crippen molar-refractivity contribution in [2.45, 2.75) is 49.7 Å². The van der Waals surface area contributed by atoms with Gasteiger partial charge >= 0.3 is 11.4 Å². The molecule has 2 fully saturated rings. The molecule has 0 aromatic carbocycles. The summed E-state index contributed by atoms with van der Waals surface area (Å²) in [7, 11) is 0. The van der Waals surface area contributed by atoms with Crippen molar-refractivity contribution in [3.8, 4) is 0 Å². The Morgan fingerprint density at radius 1 is 0.895 bits per heavy atom. The average Bonchev–Trinajstić information content (AvgIpc) is 3.30. The van der Waals surface area contributed by atoms with E-state index < -0.39 is 78.9 Å². The number of aliphatic hydroxyl groups excluding tert-OH is 5. The predicted octanol–water partition coefficient (Wildman–Crippen LogP) is -2.66. The molecule has 2 aliphatic heterocycles. The molecule has 4 rings (SSSR count). The van der Waals surface area contributed by atoms with Crippen LogP contribution in [0.1, 0.15) is 26.3 Å². The zero-order valence-electron chi connectivity index (χ0n) is 21.0. The Labute approximate surface area is 217 Å². The van der Waals surface area contributed by atoms with Gasteiger partial charge in [-0.25, -0.2) is 9.59 Å². The molecule has 0 bridgehead atoms. The third-order valence-electron chi connectivity index (χ3n) is 7.01. The van der Waals surface area contributed by atoms with Crippen LogP contribution in [-0.4, -0.2) is 87.9 Å². The summed E-state index contributed by atoms with van der Waals surface area (Å²) in [5.74, 6) is -0.705. The zero-order chi connectivity index (χ0) is 28.4. The van der Waals surface area contributed by atoms with Crippen LogP contribution in [0.4, 0.5) is 11.6 Å². The number of ether oxygens (including phenoxy) is 2. The van der Waals surface area contributed by atoms with Crippen molar-refractivity contribution in [2.24, 2.45) is 11.8 Å². The molecular formula is C23H34N6O9. The summed E-state index contributed by atoms with van der Waals surface area (Å²) in [4.78, 5) is 30.7. The maximum absolute atomic E-state index is 11.8. The van der Waals surface area contributed by atoms with E-state index in [2.05, 4.69) is 16.5 Å². The highest BCUT2D eigenvalue weighted by Crippen LogP contribution is 2.41. The molecule has 2 aliphatic rings. The topological polar surface area (TPSA) is 241 Å². The van der Waals surface area contributed by atoms with Crippen LogP contribution in [0.5, 0.6) is 0 Å². The van der Waals surface area contributed by atoms with E-state index in [1.165, 1.54) is 39.7 Å². The van der Waals surface area contributed by atoms with Gasteiger partial charge < -0.3 is 46.5 Å². The smallest absolute Gasteiger partial charge is 0.351 e. The van der Waals surface area contributed by atoms with Gasteiger partial charge in [-0.3, -0.25) is 9.13 Å². The van der Waals surface area contributed by atoms with Crippen LogP contribution in [0.25, 0.3) is 0 Å². The van der Waals surface area contributed by atoms with Gasteiger partial charge in [0.1, 0.15) is 35.3 Å². The highest BCUT2D eigenvalue weighted by atomic mass is 16.6. The van der Waals surface area contributed by atoms with Crippen molar-refractivity contribution < 1.29 is 35.0 Å². The number of hydrogen-bond acceptors (Lipinski definition) is 13. The van der Waals surface area contributed by atoms with E-state index in [1.807, 2.05) is 0 Å². The van der Waals surface area contributed by atoms with Crippen molar-refractivity contribution in [1.29, 1.82) is 0 Å². The molecule has 15 heteroatoms. The van der Waals surface area contributed by atoms with E-state index in [0.29, 0.717) is 0 Å². The molecule has 4 heterocycles. The monoisotopic (exact) mass is 538 g/mol. The summed E-state index contributed by atoms with van der Waals surface area (Å²) >= 11 is 0. The summed E-state index contributed by atoms with van der Waals surface area (Å²) in [5, 5.41) is 48.3. The Morgan fingerprint density at radius 3 is 1.68 bits per heavy atom. The lowest BCUT2D eigenvalue weighted by atomic mass is 9.91. The van der Waals surface area contributed by atoms with E-state index in [4.69, 9.17) is 20.9 Å². The summed E-state index contributed by atoms with van der Waals surface area (Å²) in [6.07, 6.45) is 0.583. The maximum atomic E-state index is 11.8. The Balaban J connectivity index is 0.000000211. The van der Waals surface area contributed by atoms with Gasteiger partial charge in [0.15, 0.2) is 0 Å². The van der Waals surface area contributed by atoms with Gasteiger partial charge in [0, 0.05) is 24.2 Å². The highest BCUT2D eigenvalue weighted by molar-refractivity contribution is 5.24. The van der Waals surface area contributed by atoms with Crippen LogP contribution >= 0.6 is 0 Å². The second-order valence-corrected chi connectivity index (χ2v) is 9.41. The number of rotatable bonds is 6. The fourth-order valence-electron chi connectivity index (χ4n) is 4.59. The summed E-state index contributed by atoms with van der Waals surface area (Å²) in [5.41, 5.74) is 6.89. The quantitative estimate of drug-likeness (QED) is 0.186. The first kappa shape index (κ1) is 29.4. The number of aromatic nitrogens is 4. The largest absolute Gasteiger partial charge is 0.393 e. The Bertz CT molecular complexity index is 1250. The summed E-state index contributed by atoms with van der Waals surface area (Å²) < 4.78 is 13.6. The summed E-state index contributed by atoms with van der Waals surface area (Å²) in [6.45, 7) is 5.42. The molecule has 0 amide bonds. The standard InChI is InChI=1S/C12H17N3O4.C11H17N3O5/c1-3-12(6-16)9(17)7(2)10(19-12)15-5-4-8(13)14-11(15)18;1-6-8(17)11(4-15,5-16)19-9(6)14-3-2-7(12)13-10(14)18/h3-5,7,9-10,16-17H,1,6H2,2H3,(H2,13,14,18);2-3,6,8-9,15-17H,4-5H2,1H3,(H2,12,13,18)/t7-,9-,10+,12?;6-,8-,9+/m00/s1. The second-order valence-electron chi connectivity index (χ2n) is 9.41. The number of nitrogens with zero attached hydrogens (tertiary/aromatic N) is 4. The number of hydrogen-bond donors (Lipinski definition) is 7. The Morgan fingerprint density at radius 2 is 1.34 bits per heavy atom. The van der Waals surface area contributed by atoms with Gasteiger partial charge in [0.05, 0.1) is 32.0 Å². The Kier molecular flexibility index (Phi) is 8.72. The first-order valence-electron chi connectivity index (χ1n) is 11.8. The van der Waals surface area contributed by atoms with Gasteiger partial charge in [0.2, 0.25) is 0 Å². The molecule has 210 valence electrons. The fourth-order valence-corrected chi connectivity index (χ4v) is 4.59. The van der Waals surface area contributed by atoms with Crippen molar-refractivity contribution in [1.82, 2.24) is 19.1 Å². The van der Waals surface area contributed by atoms with Gasteiger partial charge in [-0.1, -0.05) is 19.9 Å². The minimum absolute atomic E-state index is 0.0861. The van der Waals surface area contributed by atoms with Crippen LogP contribution in [0.15, 0.2) is 46.8 Å². The van der Waals surface area contributed by atoms with Crippen LogP contribution < -0.4 is 22.8 Å². The van der Waals surface area contributed by atoms with Crippen LogP contribution in [0.2, 0.25) is 0 Å². The van der Waals surface area contributed by atoms with E-state index in [0.717, 1.165) is 0 Å². The lowest BCUT2D eigenvalue weighted by Gasteiger charge is -2.27. The van der Waals surface area contributed by atoms with E-state index in [9.17, 15) is 35.1 Å². The van der Waals surface area contributed by atoms with Crippen molar-refractivity contribution in [3.63, 3.8) is 0 Å². The van der Waals surface area contributed by atoms with E-state index in [1.54, 1.807) is 13.8 Å². The van der Waals surface area contributed by atoms with Crippen molar-refractivity contribution in [3.05, 3.63) is 58.1 Å². The molecule has 15 nitrogen and oxygen atoms in total. The number of aliphatic hydroxyl groups is 5. The molecule has 0 aliphatic carbocycles. The molecular weight excluding hydrogens is 504 g/mol. The third-order valence-corrected chi connectivity index (χ3v) is 7.01. The van der Waals surface area contributed by atoms with Crippen LogP contribution in [0, 0.1) is 11.8 Å². The van der Waals surface area contributed by atoms with Gasteiger partial charge in [-0.15, -0.1) is 6.58 Å². The first-order valence-corrected chi connectivity index (χ1v) is 11.8. The molecule has 1 unspecified atom stereocenters. The minimum atomic E-state index is -1.48. The number of nitrogens with two attached hydrogens (primary N) is 2. The van der Waals surface area contributed by atoms with Crippen molar-refractivity contribution >= 4 is 11.6 Å². The molecule has 2 saturated heterocycles.